The van der Waals surface area contributed by atoms with Gasteiger partial charge in [0.15, 0.2) is 0 Å². The Kier molecular flexibility index (Phi) is 4.10. The van der Waals surface area contributed by atoms with Gasteiger partial charge in [-0.25, -0.2) is 18.1 Å². The molecule has 0 aliphatic rings. The van der Waals surface area contributed by atoms with Gasteiger partial charge in [-0.05, 0) is 30.3 Å². The van der Waals surface area contributed by atoms with E-state index in [1.165, 1.54) is 18.2 Å². The molecule has 2 aromatic heterocycles. The van der Waals surface area contributed by atoms with E-state index in [0.717, 1.165) is 5.52 Å². The van der Waals surface area contributed by atoms with Crippen LogP contribution in [0.1, 0.15) is 5.82 Å². The molecule has 114 valence electrons. The molecule has 0 amide bonds. The fraction of sp³-hybridized carbons (Fsp3) is 0.0714. The van der Waals surface area contributed by atoms with E-state index in [2.05, 4.69) is 9.71 Å². The van der Waals surface area contributed by atoms with Gasteiger partial charge in [0.05, 0.1) is 33.2 Å². The zero-order valence-electron chi connectivity index (χ0n) is 11.2. The lowest BCUT2D eigenvalue weighted by Crippen LogP contribution is -2.24. The molecule has 0 unspecified atom stereocenters. The SMILES string of the molecule is O=S(=O)(NCc1ncc2ccccn12)c1ccc(Cl)c(Cl)c1. The molecule has 0 saturated heterocycles. The molecule has 0 saturated carbocycles. The monoisotopic (exact) mass is 355 g/mol. The van der Waals surface area contributed by atoms with Crippen LogP contribution in [0.2, 0.25) is 10.0 Å². The van der Waals surface area contributed by atoms with Crippen LogP contribution < -0.4 is 4.72 Å². The first-order valence-corrected chi connectivity index (χ1v) is 8.57. The Bertz CT molecular complexity index is 938. The van der Waals surface area contributed by atoms with E-state index in [1.807, 2.05) is 28.8 Å². The molecule has 0 atom stereocenters. The van der Waals surface area contributed by atoms with Crippen molar-refractivity contribution in [2.75, 3.05) is 0 Å². The molecular formula is C14H11Cl2N3O2S. The summed E-state index contributed by atoms with van der Waals surface area (Å²) in [4.78, 5) is 4.27. The van der Waals surface area contributed by atoms with Gasteiger partial charge < -0.3 is 4.40 Å². The van der Waals surface area contributed by atoms with Crippen molar-refractivity contribution in [3.05, 3.63) is 64.7 Å². The molecule has 0 aliphatic heterocycles. The van der Waals surface area contributed by atoms with Gasteiger partial charge in [-0.3, -0.25) is 0 Å². The average molecular weight is 356 g/mol. The summed E-state index contributed by atoms with van der Waals surface area (Å²) >= 11 is 11.7. The van der Waals surface area contributed by atoms with Crippen LogP contribution in [0.25, 0.3) is 5.52 Å². The number of fused-ring (bicyclic) bond motifs is 1. The Hall–Kier alpha value is -1.60. The van der Waals surface area contributed by atoms with Crippen molar-refractivity contribution in [1.29, 1.82) is 0 Å². The molecule has 5 nitrogen and oxygen atoms in total. The van der Waals surface area contributed by atoms with E-state index in [4.69, 9.17) is 23.2 Å². The minimum absolute atomic E-state index is 0.0581. The molecule has 22 heavy (non-hydrogen) atoms. The predicted molar refractivity (Wildman–Crippen MR) is 85.7 cm³/mol. The number of halogens is 2. The molecule has 3 rings (SSSR count). The molecule has 0 radical (unpaired) electrons. The molecular weight excluding hydrogens is 345 g/mol. The number of benzene rings is 1. The number of rotatable bonds is 4. The van der Waals surface area contributed by atoms with Gasteiger partial charge >= 0.3 is 0 Å². The molecule has 0 spiro atoms. The summed E-state index contributed by atoms with van der Waals surface area (Å²) in [6.07, 6.45) is 3.51. The third kappa shape index (κ3) is 2.96. The molecule has 3 aromatic rings. The van der Waals surface area contributed by atoms with Gasteiger partial charge in [0.2, 0.25) is 10.0 Å². The first-order chi connectivity index (χ1) is 10.5. The zero-order chi connectivity index (χ0) is 15.7. The number of aromatic nitrogens is 2. The highest BCUT2D eigenvalue weighted by Gasteiger charge is 2.16. The highest BCUT2D eigenvalue weighted by Crippen LogP contribution is 2.24. The van der Waals surface area contributed by atoms with Crippen LogP contribution in [0.4, 0.5) is 0 Å². The molecule has 8 heteroatoms. The van der Waals surface area contributed by atoms with E-state index >= 15 is 0 Å². The summed E-state index contributed by atoms with van der Waals surface area (Å²) in [5.74, 6) is 0.597. The minimum Gasteiger partial charge on any atom is -0.303 e. The second-order valence-corrected chi connectivity index (χ2v) is 7.15. The summed E-state index contributed by atoms with van der Waals surface area (Å²) in [6.45, 7) is 0.0702. The first-order valence-electron chi connectivity index (χ1n) is 6.33. The van der Waals surface area contributed by atoms with E-state index in [0.29, 0.717) is 10.8 Å². The highest BCUT2D eigenvalue weighted by molar-refractivity contribution is 7.89. The third-order valence-electron chi connectivity index (χ3n) is 3.14. The fourth-order valence-electron chi connectivity index (χ4n) is 2.02. The van der Waals surface area contributed by atoms with Gasteiger partial charge in [0, 0.05) is 6.20 Å². The second-order valence-electron chi connectivity index (χ2n) is 4.57. The minimum atomic E-state index is -3.69. The summed E-state index contributed by atoms with van der Waals surface area (Å²) in [5, 5.41) is 0.496. The third-order valence-corrected chi connectivity index (χ3v) is 5.27. The van der Waals surface area contributed by atoms with Crippen molar-refractivity contribution < 1.29 is 8.42 Å². The zero-order valence-corrected chi connectivity index (χ0v) is 13.5. The lowest BCUT2D eigenvalue weighted by Gasteiger charge is -2.07. The van der Waals surface area contributed by atoms with Crippen LogP contribution in [0, 0.1) is 0 Å². The quantitative estimate of drug-likeness (QED) is 0.781. The lowest BCUT2D eigenvalue weighted by atomic mass is 10.4. The lowest BCUT2D eigenvalue weighted by molar-refractivity contribution is 0.579. The average Bonchev–Trinajstić information content (AvgIpc) is 2.91. The van der Waals surface area contributed by atoms with E-state index in [9.17, 15) is 8.42 Å². The predicted octanol–water partition coefficient (Wildman–Crippen LogP) is 3.12. The molecule has 0 aliphatic carbocycles. The summed E-state index contributed by atoms with van der Waals surface area (Å²) in [7, 11) is -3.69. The summed E-state index contributed by atoms with van der Waals surface area (Å²) in [6, 6.07) is 9.80. The van der Waals surface area contributed by atoms with Gasteiger partial charge in [-0.1, -0.05) is 29.3 Å². The maximum Gasteiger partial charge on any atom is 0.241 e. The maximum atomic E-state index is 12.3. The molecule has 0 bridgehead atoms. The van der Waals surface area contributed by atoms with E-state index in [1.54, 1.807) is 6.20 Å². The number of imidazole rings is 1. The van der Waals surface area contributed by atoms with Crippen molar-refractivity contribution in [2.45, 2.75) is 11.4 Å². The summed E-state index contributed by atoms with van der Waals surface area (Å²) < 4.78 is 28.9. The Morgan fingerprint density at radius 2 is 1.95 bits per heavy atom. The van der Waals surface area contributed by atoms with Crippen LogP contribution in [0.15, 0.2) is 53.7 Å². The summed E-state index contributed by atoms with van der Waals surface area (Å²) in [5.41, 5.74) is 0.895. The Balaban J connectivity index is 1.84. The Morgan fingerprint density at radius 3 is 2.73 bits per heavy atom. The number of hydrogen-bond donors (Lipinski definition) is 1. The standard InChI is InChI=1S/C14H11Cl2N3O2S/c15-12-5-4-11(7-13(12)16)22(20,21)18-9-14-17-8-10-3-1-2-6-19(10)14/h1-8,18H,9H2. The van der Waals surface area contributed by atoms with Crippen molar-refractivity contribution >= 4 is 38.7 Å². The number of nitrogens with zero attached hydrogens (tertiary/aromatic N) is 2. The number of sulfonamides is 1. The molecule has 1 aromatic carbocycles. The van der Waals surface area contributed by atoms with Crippen LogP contribution in [0.5, 0.6) is 0 Å². The highest BCUT2D eigenvalue weighted by atomic mass is 35.5. The van der Waals surface area contributed by atoms with Crippen molar-refractivity contribution in [3.8, 4) is 0 Å². The van der Waals surface area contributed by atoms with Crippen LogP contribution in [-0.4, -0.2) is 17.8 Å². The van der Waals surface area contributed by atoms with Crippen molar-refractivity contribution in [1.82, 2.24) is 14.1 Å². The second kappa shape index (κ2) is 5.89. The normalized spacial score (nSPS) is 11.9. The Labute approximate surface area is 137 Å². The topological polar surface area (TPSA) is 63.5 Å². The van der Waals surface area contributed by atoms with Crippen LogP contribution in [-0.2, 0) is 16.6 Å². The van der Waals surface area contributed by atoms with Crippen molar-refractivity contribution in [2.24, 2.45) is 0 Å². The maximum absolute atomic E-state index is 12.3. The van der Waals surface area contributed by atoms with Gasteiger partial charge in [-0.15, -0.1) is 0 Å². The van der Waals surface area contributed by atoms with Gasteiger partial charge in [0.1, 0.15) is 5.82 Å². The fourth-order valence-corrected chi connectivity index (χ4v) is 3.39. The molecule has 1 N–H and O–H groups in total. The van der Waals surface area contributed by atoms with E-state index in [-0.39, 0.29) is 16.5 Å². The van der Waals surface area contributed by atoms with Crippen LogP contribution >= 0.6 is 23.2 Å². The number of hydrogen-bond acceptors (Lipinski definition) is 3. The molecule has 2 heterocycles. The molecule has 0 fully saturated rings. The number of nitrogens with one attached hydrogen (secondary N) is 1. The smallest absolute Gasteiger partial charge is 0.241 e. The van der Waals surface area contributed by atoms with E-state index < -0.39 is 10.0 Å². The van der Waals surface area contributed by atoms with Gasteiger partial charge in [-0.2, -0.15) is 0 Å². The van der Waals surface area contributed by atoms with Crippen molar-refractivity contribution in [3.63, 3.8) is 0 Å². The largest absolute Gasteiger partial charge is 0.303 e. The van der Waals surface area contributed by atoms with Gasteiger partial charge in [0.25, 0.3) is 0 Å². The Morgan fingerprint density at radius 1 is 1.14 bits per heavy atom. The first kappa shape index (κ1) is 15.3. The number of pyridine rings is 1. The van der Waals surface area contributed by atoms with Crippen LogP contribution in [0.3, 0.4) is 0 Å².